The van der Waals surface area contributed by atoms with Crippen LogP contribution in [-0.4, -0.2) is 35.3 Å². The summed E-state index contributed by atoms with van der Waals surface area (Å²) in [6.45, 7) is 10.3. The maximum atomic E-state index is 10.5. The van der Waals surface area contributed by atoms with Gasteiger partial charge in [-0.15, -0.1) is 0 Å². The van der Waals surface area contributed by atoms with Gasteiger partial charge >= 0.3 is 0 Å². The van der Waals surface area contributed by atoms with E-state index in [1.165, 1.54) is 11.1 Å². The summed E-state index contributed by atoms with van der Waals surface area (Å²) < 4.78 is 5.81. The van der Waals surface area contributed by atoms with Gasteiger partial charge in [0.1, 0.15) is 18.5 Å². The Labute approximate surface area is 152 Å². The Morgan fingerprint density at radius 1 is 1.00 bits per heavy atom. The van der Waals surface area contributed by atoms with Gasteiger partial charge in [0.15, 0.2) is 0 Å². The Bertz CT molecular complexity index is 656. The molecular formula is C22H31NO2. The molecule has 0 fully saturated rings. The second-order valence-electron chi connectivity index (χ2n) is 6.84. The van der Waals surface area contributed by atoms with Crippen molar-refractivity contribution in [3.8, 4) is 5.75 Å². The molecule has 0 amide bonds. The monoisotopic (exact) mass is 341 g/mol. The van der Waals surface area contributed by atoms with Gasteiger partial charge in [-0.3, -0.25) is 4.90 Å². The minimum Gasteiger partial charge on any atom is -0.491 e. The van der Waals surface area contributed by atoms with E-state index in [4.69, 9.17) is 4.74 Å². The number of ether oxygens (including phenoxy) is 1. The average molecular weight is 341 g/mol. The number of para-hydroxylation sites is 1. The average Bonchev–Trinajstić information content (AvgIpc) is 2.61. The van der Waals surface area contributed by atoms with Crippen LogP contribution in [0.3, 0.4) is 0 Å². The van der Waals surface area contributed by atoms with Gasteiger partial charge < -0.3 is 9.84 Å². The number of hydrogen-bond donors (Lipinski definition) is 1. The number of aryl methyl sites for hydroxylation is 2. The van der Waals surface area contributed by atoms with Crippen molar-refractivity contribution in [2.24, 2.45) is 0 Å². The van der Waals surface area contributed by atoms with E-state index in [9.17, 15) is 5.11 Å². The molecule has 0 heterocycles. The molecule has 0 saturated heterocycles. The summed E-state index contributed by atoms with van der Waals surface area (Å²) in [4.78, 5) is 2.34. The van der Waals surface area contributed by atoms with Crippen molar-refractivity contribution >= 4 is 0 Å². The third-order valence-electron chi connectivity index (χ3n) is 4.82. The zero-order chi connectivity index (χ0) is 18.2. The highest BCUT2D eigenvalue weighted by atomic mass is 16.5. The molecule has 25 heavy (non-hydrogen) atoms. The van der Waals surface area contributed by atoms with E-state index >= 15 is 0 Å². The molecule has 0 bridgehead atoms. The van der Waals surface area contributed by atoms with Gasteiger partial charge in [-0.05, 0) is 49.9 Å². The fourth-order valence-electron chi connectivity index (χ4n) is 2.89. The number of aliphatic hydroxyl groups is 1. The topological polar surface area (TPSA) is 32.7 Å². The van der Waals surface area contributed by atoms with Crippen molar-refractivity contribution in [2.75, 3.05) is 13.2 Å². The highest BCUT2D eigenvalue weighted by molar-refractivity contribution is 5.31. The molecule has 0 saturated carbocycles. The van der Waals surface area contributed by atoms with Crippen molar-refractivity contribution < 1.29 is 9.84 Å². The van der Waals surface area contributed by atoms with Crippen LogP contribution in [0.25, 0.3) is 0 Å². The smallest absolute Gasteiger partial charge is 0.122 e. The zero-order valence-electron chi connectivity index (χ0n) is 15.9. The summed E-state index contributed by atoms with van der Waals surface area (Å²) >= 11 is 0. The predicted molar refractivity (Wildman–Crippen MR) is 104 cm³/mol. The first-order valence-corrected chi connectivity index (χ1v) is 9.16. The molecule has 0 aromatic heterocycles. The number of aliphatic hydroxyl groups excluding tert-OH is 1. The molecule has 2 aromatic rings. The lowest BCUT2D eigenvalue weighted by molar-refractivity contribution is 0.0503. The standard InChI is InChI=1S/C22H31NO2/c1-5-19(4)23(14-20-12-8-6-10-17(20)2)15-21(24)16-25-22-13-9-7-11-18(22)3/h6-13,19,21,24H,5,14-16H2,1-4H3/t19-,21+/m0/s1. The summed E-state index contributed by atoms with van der Waals surface area (Å²) in [7, 11) is 0. The Morgan fingerprint density at radius 2 is 1.64 bits per heavy atom. The molecule has 3 nitrogen and oxygen atoms in total. The van der Waals surface area contributed by atoms with Gasteiger partial charge in [0.05, 0.1) is 0 Å². The van der Waals surface area contributed by atoms with E-state index in [2.05, 4.69) is 49.9 Å². The quantitative estimate of drug-likeness (QED) is 0.736. The molecular weight excluding hydrogens is 310 g/mol. The van der Waals surface area contributed by atoms with Crippen molar-refractivity contribution in [3.05, 3.63) is 65.2 Å². The zero-order valence-corrected chi connectivity index (χ0v) is 15.9. The minimum absolute atomic E-state index is 0.311. The molecule has 0 aliphatic carbocycles. The number of nitrogens with zero attached hydrogens (tertiary/aromatic N) is 1. The largest absolute Gasteiger partial charge is 0.491 e. The van der Waals surface area contributed by atoms with Gasteiger partial charge in [0.25, 0.3) is 0 Å². The van der Waals surface area contributed by atoms with Crippen LogP contribution < -0.4 is 4.74 Å². The molecule has 0 unspecified atom stereocenters. The number of rotatable bonds is 9. The van der Waals surface area contributed by atoms with Gasteiger partial charge in [0.2, 0.25) is 0 Å². The molecule has 3 heteroatoms. The normalized spacial score (nSPS) is 13.7. The maximum absolute atomic E-state index is 10.5. The molecule has 0 aliphatic heterocycles. The fourth-order valence-corrected chi connectivity index (χ4v) is 2.89. The minimum atomic E-state index is -0.516. The van der Waals surface area contributed by atoms with Gasteiger partial charge in [0, 0.05) is 19.1 Å². The first kappa shape index (κ1) is 19.5. The lowest BCUT2D eigenvalue weighted by atomic mass is 10.1. The number of benzene rings is 2. The SMILES string of the molecule is CC[C@H](C)N(Cc1ccccc1C)C[C@@H](O)COc1ccccc1C. The summed E-state index contributed by atoms with van der Waals surface area (Å²) in [5.74, 6) is 0.843. The third-order valence-corrected chi connectivity index (χ3v) is 4.82. The second kappa shape index (κ2) is 9.59. The molecule has 2 aromatic carbocycles. The first-order chi connectivity index (χ1) is 12.0. The number of hydrogen-bond acceptors (Lipinski definition) is 3. The third kappa shape index (κ3) is 5.87. The summed E-state index contributed by atoms with van der Waals surface area (Å²) in [5, 5.41) is 10.5. The Balaban J connectivity index is 1.96. The van der Waals surface area contributed by atoms with E-state index in [1.807, 2.05) is 31.2 Å². The lowest BCUT2D eigenvalue weighted by Gasteiger charge is -2.31. The van der Waals surface area contributed by atoms with Crippen molar-refractivity contribution in [2.45, 2.75) is 52.8 Å². The molecule has 2 atom stereocenters. The van der Waals surface area contributed by atoms with Gasteiger partial charge in [-0.25, -0.2) is 0 Å². The van der Waals surface area contributed by atoms with Crippen LogP contribution in [0, 0.1) is 13.8 Å². The summed E-state index contributed by atoms with van der Waals surface area (Å²) in [5.41, 5.74) is 3.70. The van der Waals surface area contributed by atoms with Crippen LogP contribution in [0.5, 0.6) is 5.75 Å². The lowest BCUT2D eigenvalue weighted by Crippen LogP contribution is -2.40. The van der Waals surface area contributed by atoms with E-state index in [-0.39, 0.29) is 0 Å². The van der Waals surface area contributed by atoms with E-state index in [0.29, 0.717) is 19.2 Å². The summed E-state index contributed by atoms with van der Waals surface area (Å²) in [6, 6.07) is 16.8. The predicted octanol–water partition coefficient (Wildman–Crippen LogP) is 4.34. The van der Waals surface area contributed by atoms with Crippen LogP contribution in [-0.2, 0) is 6.54 Å². The Kier molecular flexibility index (Phi) is 7.48. The Hall–Kier alpha value is -1.84. The first-order valence-electron chi connectivity index (χ1n) is 9.16. The second-order valence-corrected chi connectivity index (χ2v) is 6.84. The Morgan fingerprint density at radius 3 is 2.28 bits per heavy atom. The molecule has 0 radical (unpaired) electrons. The van der Waals surface area contributed by atoms with Crippen LogP contribution in [0.1, 0.15) is 37.0 Å². The highest BCUT2D eigenvalue weighted by Crippen LogP contribution is 2.18. The summed E-state index contributed by atoms with van der Waals surface area (Å²) in [6.07, 6.45) is 0.537. The van der Waals surface area contributed by atoms with Crippen LogP contribution in [0.4, 0.5) is 0 Å². The van der Waals surface area contributed by atoms with Crippen molar-refractivity contribution in [3.63, 3.8) is 0 Å². The van der Waals surface area contributed by atoms with Crippen molar-refractivity contribution in [1.82, 2.24) is 4.90 Å². The molecule has 0 spiro atoms. The maximum Gasteiger partial charge on any atom is 0.122 e. The highest BCUT2D eigenvalue weighted by Gasteiger charge is 2.18. The molecule has 136 valence electrons. The van der Waals surface area contributed by atoms with Crippen molar-refractivity contribution in [1.29, 1.82) is 0 Å². The fraction of sp³-hybridized carbons (Fsp3) is 0.455. The van der Waals surface area contributed by atoms with Gasteiger partial charge in [-0.1, -0.05) is 49.4 Å². The molecule has 2 rings (SSSR count). The van der Waals surface area contributed by atoms with Crippen LogP contribution >= 0.6 is 0 Å². The van der Waals surface area contributed by atoms with Gasteiger partial charge in [-0.2, -0.15) is 0 Å². The van der Waals surface area contributed by atoms with Crippen LogP contribution in [0.15, 0.2) is 48.5 Å². The molecule has 1 N–H and O–H groups in total. The van der Waals surface area contributed by atoms with E-state index in [0.717, 1.165) is 24.3 Å². The van der Waals surface area contributed by atoms with Crippen LogP contribution in [0.2, 0.25) is 0 Å². The van der Waals surface area contributed by atoms with E-state index < -0.39 is 6.10 Å². The van der Waals surface area contributed by atoms with E-state index in [1.54, 1.807) is 0 Å². The molecule has 0 aliphatic rings.